The van der Waals surface area contributed by atoms with Gasteiger partial charge in [0.1, 0.15) is 17.9 Å². The van der Waals surface area contributed by atoms with Crippen molar-refractivity contribution >= 4 is 29.1 Å². The standard InChI is InChI=1S/C22H21O2P/c1-18-10-9-15-21(16-18)25(17-22(23)24-2,19-11-5-3-6-12-19)20-13-7-4-8-14-20/h3-16H,1,17H2,2H3. The SMILES string of the molecule is [CH2-]c1cccc([P+](CC(=O)OC)(c2ccccc2)c2ccccc2)c1. The number of ether oxygens (including phenoxy) is 1. The maximum absolute atomic E-state index is 12.4. The summed E-state index contributed by atoms with van der Waals surface area (Å²) < 4.78 is 5.07. The zero-order valence-corrected chi connectivity index (χ0v) is 15.2. The Hall–Kier alpha value is -2.57. The van der Waals surface area contributed by atoms with E-state index in [0.717, 1.165) is 21.5 Å². The van der Waals surface area contributed by atoms with Gasteiger partial charge >= 0.3 is 5.97 Å². The second kappa shape index (κ2) is 7.55. The van der Waals surface area contributed by atoms with Crippen molar-refractivity contribution in [3.8, 4) is 0 Å². The minimum atomic E-state index is -2.17. The highest BCUT2D eigenvalue weighted by Crippen LogP contribution is 2.55. The highest BCUT2D eigenvalue weighted by Gasteiger charge is 2.46. The van der Waals surface area contributed by atoms with E-state index in [1.807, 2.05) is 48.5 Å². The Balaban J connectivity index is 2.33. The number of methoxy groups -OCH3 is 1. The van der Waals surface area contributed by atoms with Crippen molar-refractivity contribution in [3.05, 3.63) is 97.4 Å². The number of hydrogen-bond donors (Lipinski definition) is 0. The predicted octanol–water partition coefficient (Wildman–Crippen LogP) is 3.34. The summed E-state index contributed by atoms with van der Waals surface area (Å²) in [7, 11) is -0.718. The highest BCUT2D eigenvalue weighted by atomic mass is 31.2. The average molecular weight is 348 g/mol. The molecule has 0 aliphatic heterocycles. The quantitative estimate of drug-likeness (QED) is 0.402. The van der Waals surface area contributed by atoms with Crippen LogP contribution in [0.25, 0.3) is 0 Å². The molecule has 2 nitrogen and oxygen atoms in total. The third-order valence-corrected chi connectivity index (χ3v) is 8.59. The topological polar surface area (TPSA) is 26.3 Å². The molecule has 0 atom stereocenters. The van der Waals surface area contributed by atoms with Crippen LogP contribution < -0.4 is 15.9 Å². The van der Waals surface area contributed by atoms with Crippen LogP contribution in [0.15, 0.2) is 84.9 Å². The molecule has 126 valence electrons. The monoisotopic (exact) mass is 348 g/mol. The van der Waals surface area contributed by atoms with E-state index in [4.69, 9.17) is 4.74 Å². The lowest BCUT2D eigenvalue weighted by atomic mass is 10.2. The van der Waals surface area contributed by atoms with Gasteiger partial charge in [-0.1, -0.05) is 36.4 Å². The summed E-state index contributed by atoms with van der Waals surface area (Å²) in [6.45, 7) is 4.08. The molecule has 0 fully saturated rings. The first-order valence-electron chi connectivity index (χ1n) is 8.15. The van der Waals surface area contributed by atoms with Crippen LogP contribution in [0.5, 0.6) is 0 Å². The molecule has 0 aromatic heterocycles. The first-order valence-corrected chi connectivity index (χ1v) is 10.1. The van der Waals surface area contributed by atoms with Gasteiger partial charge in [-0.05, 0) is 30.3 Å². The number of benzene rings is 3. The minimum absolute atomic E-state index is 0.199. The van der Waals surface area contributed by atoms with Crippen molar-refractivity contribution in [2.45, 2.75) is 0 Å². The predicted molar refractivity (Wildman–Crippen MR) is 106 cm³/mol. The van der Waals surface area contributed by atoms with Gasteiger partial charge in [0.15, 0.2) is 6.16 Å². The molecule has 0 aliphatic carbocycles. The minimum Gasteiger partial charge on any atom is -0.466 e. The molecule has 0 saturated carbocycles. The zero-order chi connectivity index (χ0) is 17.7. The molecule has 0 amide bonds. The third kappa shape index (κ3) is 3.45. The Morgan fingerprint density at radius 2 is 1.36 bits per heavy atom. The summed E-state index contributed by atoms with van der Waals surface area (Å²) in [5.74, 6) is -0.199. The van der Waals surface area contributed by atoms with Gasteiger partial charge in [-0.2, -0.15) is 18.6 Å². The Kier molecular flexibility index (Phi) is 5.21. The van der Waals surface area contributed by atoms with Crippen LogP contribution in [-0.2, 0) is 9.53 Å². The fourth-order valence-corrected chi connectivity index (χ4v) is 7.19. The van der Waals surface area contributed by atoms with Crippen LogP contribution in [-0.4, -0.2) is 19.2 Å². The number of esters is 1. The maximum Gasteiger partial charge on any atom is 0.344 e. The Labute approximate surface area is 149 Å². The molecular weight excluding hydrogens is 327 g/mol. The Morgan fingerprint density at radius 3 is 1.84 bits per heavy atom. The fourth-order valence-electron chi connectivity index (χ4n) is 3.14. The summed E-state index contributed by atoms with van der Waals surface area (Å²) in [4.78, 5) is 12.4. The van der Waals surface area contributed by atoms with Crippen LogP contribution in [0.3, 0.4) is 0 Å². The Bertz CT molecular complexity index is 805. The summed E-state index contributed by atoms with van der Waals surface area (Å²) in [5.41, 5.74) is 0.943. The summed E-state index contributed by atoms with van der Waals surface area (Å²) in [6, 6.07) is 28.7. The van der Waals surface area contributed by atoms with Crippen molar-refractivity contribution in [2.75, 3.05) is 13.3 Å². The van der Waals surface area contributed by atoms with Crippen LogP contribution >= 0.6 is 7.26 Å². The lowest BCUT2D eigenvalue weighted by Gasteiger charge is -2.28. The van der Waals surface area contributed by atoms with E-state index in [1.54, 1.807) is 0 Å². The second-order valence-corrected chi connectivity index (χ2v) is 9.37. The number of carbonyl (C=O) groups is 1. The van der Waals surface area contributed by atoms with Gasteiger partial charge < -0.3 is 4.74 Å². The summed E-state index contributed by atoms with van der Waals surface area (Å²) in [5, 5.41) is 3.47. The van der Waals surface area contributed by atoms with E-state index in [2.05, 4.69) is 43.3 Å². The van der Waals surface area contributed by atoms with E-state index < -0.39 is 7.26 Å². The van der Waals surface area contributed by atoms with Gasteiger partial charge in [-0.15, -0.1) is 12.1 Å². The van der Waals surface area contributed by atoms with Crippen LogP contribution in [0.2, 0.25) is 0 Å². The van der Waals surface area contributed by atoms with Gasteiger partial charge in [0.2, 0.25) is 0 Å². The molecule has 3 heteroatoms. The van der Waals surface area contributed by atoms with Crippen molar-refractivity contribution in [1.82, 2.24) is 0 Å². The van der Waals surface area contributed by atoms with E-state index in [9.17, 15) is 4.79 Å². The van der Waals surface area contributed by atoms with Gasteiger partial charge in [-0.3, -0.25) is 0 Å². The molecule has 0 radical (unpaired) electrons. The molecule has 0 bridgehead atoms. The molecule has 3 rings (SSSR count). The van der Waals surface area contributed by atoms with Crippen molar-refractivity contribution in [2.24, 2.45) is 0 Å². The summed E-state index contributed by atoms with van der Waals surface area (Å²) in [6.07, 6.45) is 0.334. The fraction of sp³-hybridized carbons (Fsp3) is 0.0909. The normalized spacial score (nSPS) is 11.1. The zero-order valence-electron chi connectivity index (χ0n) is 14.3. The highest BCUT2D eigenvalue weighted by molar-refractivity contribution is 7.96. The average Bonchev–Trinajstić information content (AvgIpc) is 2.67. The van der Waals surface area contributed by atoms with Crippen molar-refractivity contribution in [3.63, 3.8) is 0 Å². The molecule has 0 spiro atoms. The number of hydrogen-bond acceptors (Lipinski definition) is 2. The molecule has 3 aromatic rings. The Morgan fingerprint density at radius 1 is 0.840 bits per heavy atom. The lowest BCUT2D eigenvalue weighted by Crippen LogP contribution is -2.36. The van der Waals surface area contributed by atoms with Gasteiger partial charge in [0.05, 0.1) is 12.4 Å². The van der Waals surface area contributed by atoms with Crippen LogP contribution in [0.1, 0.15) is 5.56 Å². The lowest BCUT2D eigenvalue weighted by molar-refractivity contribution is -0.137. The largest absolute Gasteiger partial charge is 0.466 e. The van der Waals surface area contributed by atoms with Gasteiger partial charge in [0.25, 0.3) is 0 Å². The van der Waals surface area contributed by atoms with Gasteiger partial charge in [-0.25, -0.2) is 4.79 Å². The van der Waals surface area contributed by atoms with E-state index >= 15 is 0 Å². The summed E-state index contributed by atoms with van der Waals surface area (Å²) >= 11 is 0. The molecule has 0 heterocycles. The van der Waals surface area contributed by atoms with Gasteiger partial charge in [0, 0.05) is 0 Å². The molecule has 3 aromatic carbocycles. The first-order chi connectivity index (χ1) is 12.2. The third-order valence-electron chi connectivity index (χ3n) is 4.34. The van der Waals surface area contributed by atoms with E-state index in [1.165, 1.54) is 7.11 Å². The smallest absolute Gasteiger partial charge is 0.344 e. The molecule has 25 heavy (non-hydrogen) atoms. The first kappa shape index (κ1) is 17.3. The molecule has 0 N–H and O–H groups in total. The molecule has 0 saturated heterocycles. The van der Waals surface area contributed by atoms with Crippen LogP contribution in [0.4, 0.5) is 0 Å². The molecule has 0 unspecified atom stereocenters. The van der Waals surface area contributed by atoms with E-state index in [0.29, 0.717) is 6.16 Å². The van der Waals surface area contributed by atoms with E-state index in [-0.39, 0.29) is 5.97 Å². The number of rotatable bonds is 5. The molecule has 0 aliphatic rings. The maximum atomic E-state index is 12.4. The number of carbonyl (C=O) groups excluding carboxylic acids is 1. The van der Waals surface area contributed by atoms with Crippen LogP contribution in [0, 0.1) is 6.92 Å². The molecular formula is C22H21O2P. The van der Waals surface area contributed by atoms with Crippen molar-refractivity contribution < 1.29 is 9.53 Å². The van der Waals surface area contributed by atoms with Crippen molar-refractivity contribution in [1.29, 1.82) is 0 Å². The second-order valence-electron chi connectivity index (χ2n) is 5.88.